The second-order valence-corrected chi connectivity index (χ2v) is 6.90. The molecular formula is C16H21N3OS. The number of nitrogens with zero attached hydrogens (tertiary/aromatic N) is 2. The van der Waals surface area contributed by atoms with E-state index in [1.54, 1.807) is 11.3 Å². The molecule has 4 nitrogen and oxygen atoms in total. The topological polar surface area (TPSA) is 45.2 Å². The monoisotopic (exact) mass is 303 g/mol. The van der Waals surface area contributed by atoms with Gasteiger partial charge in [0.05, 0.1) is 15.2 Å². The number of anilines is 1. The maximum atomic E-state index is 12.4. The Bertz CT molecular complexity index is 646. The van der Waals surface area contributed by atoms with E-state index in [0.717, 1.165) is 46.8 Å². The van der Waals surface area contributed by atoms with Crippen LogP contribution in [0.25, 0.3) is 10.2 Å². The second-order valence-electron chi connectivity index (χ2n) is 5.67. The minimum absolute atomic E-state index is 0.186. The number of carbonyl (C=O) groups is 1. The number of benzene rings is 1. The molecule has 0 saturated carbocycles. The van der Waals surface area contributed by atoms with Crippen molar-refractivity contribution in [1.29, 1.82) is 0 Å². The third kappa shape index (κ3) is 3.18. The highest BCUT2D eigenvalue weighted by Crippen LogP contribution is 2.25. The maximum Gasteiger partial charge on any atom is 0.244 e. The van der Waals surface area contributed by atoms with Crippen LogP contribution >= 0.6 is 11.3 Å². The van der Waals surface area contributed by atoms with Crippen LogP contribution in [0.5, 0.6) is 0 Å². The Morgan fingerprint density at radius 1 is 1.33 bits per heavy atom. The third-order valence-electron chi connectivity index (χ3n) is 3.92. The molecule has 5 heteroatoms. The lowest BCUT2D eigenvalue weighted by Gasteiger charge is -2.29. The number of likely N-dealkylation sites (tertiary alicyclic amines) is 1. The number of hydrogen-bond acceptors (Lipinski definition) is 4. The molecule has 112 valence electrons. The summed E-state index contributed by atoms with van der Waals surface area (Å²) < 4.78 is 1.16. The summed E-state index contributed by atoms with van der Waals surface area (Å²) >= 11 is 1.68. The SMILES string of the molecule is Cc1nc2ccc(N[C@H](C)C(=O)N3CCCCC3)cc2s1. The van der Waals surface area contributed by atoms with Crippen LogP contribution in [0.1, 0.15) is 31.2 Å². The predicted octanol–water partition coefficient (Wildman–Crippen LogP) is 3.42. The van der Waals surface area contributed by atoms with Gasteiger partial charge < -0.3 is 10.2 Å². The van der Waals surface area contributed by atoms with Gasteiger partial charge in [-0.15, -0.1) is 11.3 Å². The van der Waals surface area contributed by atoms with Crippen molar-refractivity contribution in [3.63, 3.8) is 0 Å². The lowest BCUT2D eigenvalue weighted by atomic mass is 10.1. The molecule has 1 atom stereocenters. The van der Waals surface area contributed by atoms with Crippen molar-refractivity contribution < 1.29 is 4.79 Å². The molecule has 1 aliphatic heterocycles. The highest BCUT2D eigenvalue weighted by molar-refractivity contribution is 7.18. The Labute approximate surface area is 129 Å². The Morgan fingerprint density at radius 3 is 2.86 bits per heavy atom. The van der Waals surface area contributed by atoms with E-state index in [0.29, 0.717) is 0 Å². The van der Waals surface area contributed by atoms with E-state index in [1.165, 1.54) is 6.42 Å². The standard InChI is InChI=1S/C16H21N3OS/c1-11(16(20)19-8-4-3-5-9-19)17-13-6-7-14-15(10-13)21-12(2)18-14/h6-7,10-11,17H,3-5,8-9H2,1-2H3/t11-/m1/s1. The van der Waals surface area contributed by atoms with E-state index in [1.807, 2.05) is 30.9 Å². The van der Waals surface area contributed by atoms with Gasteiger partial charge in [-0.3, -0.25) is 4.79 Å². The summed E-state index contributed by atoms with van der Waals surface area (Å²) in [6, 6.07) is 5.91. The Balaban J connectivity index is 1.69. The van der Waals surface area contributed by atoms with E-state index in [2.05, 4.69) is 16.4 Å². The van der Waals surface area contributed by atoms with Crippen molar-refractivity contribution in [2.75, 3.05) is 18.4 Å². The van der Waals surface area contributed by atoms with Crippen LogP contribution in [0, 0.1) is 6.92 Å². The fourth-order valence-corrected chi connectivity index (χ4v) is 3.70. The van der Waals surface area contributed by atoms with Gasteiger partial charge in [0.15, 0.2) is 0 Å². The zero-order valence-corrected chi connectivity index (χ0v) is 13.4. The summed E-state index contributed by atoms with van der Waals surface area (Å²) in [6.07, 6.45) is 3.50. The van der Waals surface area contributed by atoms with E-state index in [-0.39, 0.29) is 11.9 Å². The lowest BCUT2D eigenvalue weighted by molar-refractivity contribution is -0.132. The fourth-order valence-electron chi connectivity index (χ4n) is 2.83. The summed E-state index contributed by atoms with van der Waals surface area (Å²) in [7, 11) is 0. The molecule has 1 amide bonds. The molecule has 1 saturated heterocycles. The average Bonchev–Trinajstić information content (AvgIpc) is 2.86. The normalized spacial score (nSPS) is 17.0. The first-order chi connectivity index (χ1) is 10.1. The summed E-state index contributed by atoms with van der Waals surface area (Å²) in [6.45, 7) is 5.76. The first-order valence-electron chi connectivity index (χ1n) is 7.56. The van der Waals surface area contributed by atoms with Crippen molar-refractivity contribution in [3.05, 3.63) is 23.2 Å². The summed E-state index contributed by atoms with van der Waals surface area (Å²) in [5.74, 6) is 0.204. The van der Waals surface area contributed by atoms with Gasteiger partial charge in [-0.05, 0) is 51.3 Å². The molecule has 1 aromatic heterocycles. The van der Waals surface area contributed by atoms with Crippen molar-refractivity contribution in [3.8, 4) is 0 Å². The molecule has 3 rings (SSSR count). The average molecular weight is 303 g/mol. The van der Waals surface area contributed by atoms with Gasteiger partial charge >= 0.3 is 0 Å². The quantitative estimate of drug-likeness (QED) is 0.945. The van der Waals surface area contributed by atoms with Crippen LogP contribution in [0.2, 0.25) is 0 Å². The molecule has 1 aromatic carbocycles. The van der Waals surface area contributed by atoms with E-state index in [4.69, 9.17) is 0 Å². The highest BCUT2D eigenvalue weighted by Gasteiger charge is 2.21. The first kappa shape index (κ1) is 14.3. The molecular weight excluding hydrogens is 282 g/mol. The maximum absolute atomic E-state index is 12.4. The molecule has 0 radical (unpaired) electrons. The minimum Gasteiger partial charge on any atom is -0.374 e. The van der Waals surface area contributed by atoms with E-state index in [9.17, 15) is 4.79 Å². The smallest absolute Gasteiger partial charge is 0.244 e. The van der Waals surface area contributed by atoms with Crippen LogP contribution < -0.4 is 5.32 Å². The summed E-state index contributed by atoms with van der Waals surface area (Å²) in [5.41, 5.74) is 2.02. The Kier molecular flexibility index (Phi) is 4.10. The molecule has 1 N–H and O–H groups in total. The zero-order chi connectivity index (χ0) is 14.8. The number of fused-ring (bicyclic) bond motifs is 1. The van der Waals surface area contributed by atoms with Crippen LogP contribution in [0.3, 0.4) is 0 Å². The van der Waals surface area contributed by atoms with E-state index < -0.39 is 0 Å². The van der Waals surface area contributed by atoms with E-state index >= 15 is 0 Å². The van der Waals surface area contributed by atoms with Gasteiger partial charge in [-0.2, -0.15) is 0 Å². The van der Waals surface area contributed by atoms with Gasteiger partial charge in [0.1, 0.15) is 6.04 Å². The first-order valence-corrected chi connectivity index (χ1v) is 8.37. The van der Waals surface area contributed by atoms with Crippen LogP contribution in [0.4, 0.5) is 5.69 Å². The number of nitrogens with one attached hydrogen (secondary N) is 1. The van der Waals surface area contributed by atoms with Crippen LogP contribution in [-0.4, -0.2) is 34.9 Å². The molecule has 1 fully saturated rings. The largest absolute Gasteiger partial charge is 0.374 e. The van der Waals surface area contributed by atoms with Crippen molar-refractivity contribution in [2.24, 2.45) is 0 Å². The molecule has 1 aliphatic rings. The van der Waals surface area contributed by atoms with Crippen LogP contribution in [0.15, 0.2) is 18.2 Å². The van der Waals surface area contributed by atoms with Crippen molar-refractivity contribution in [1.82, 2.24) is 9.88 Å². The lowest BCUT2D eigenvalue weighted by Crippen LogP contribution is -2.43. The number of amides is 1. The molecule has 0 aliphatic carbocycles. The van der Waals surface area contributed by atoms with Gasteiger partial charge in [0.2, 0.25) is 5.91 Å². The van der Waals surface area contributed by atoms with Gasteiger partial charge in [-0.25, -0.2) is 4.98 Å². The predicted molar refractivity (Wildman–Crippen MR) is 87.9 cm³/mol. The van der Waals surface area contributed by atoms with Gasteiger partial charge in [-0.1, -0.05) is 0 Å². The number of aryl methyl sites for hydroxylation is 1. The number of thiazole rings is 1. The molecule has 0 spiro atoms. The Morgan fingerprint density at radius 2 is 2.10 bits per heavy atom. The fraction of sp³-hybridized carbons (Fsp3) is 0.500. The number of aromatic nitrogens is 1. The number of rotatable bonds is 3. The highest BCUT2D eigenvalue weighted by atomic mass is 32.1. The molecule has 0 bridgehead atoms. The molecule has 0 unspecified atom stereocenters. The number of hydrogen-bond donors (Lipinski definition) is 1. The summed E-state index contributed by atoms with van der Waals surface area (Å²) in [4.78, 5) is 18.9. The molecule has 2 heterocycles. The number of piperidine rings is 1. The second kappa shape index (κ2) is 6.02. The van der Waals surface area contributed by atoms with Gasteiger partial charge in [0.25, 0.3) is 0 Å². The van der Waals surface area contributed by atoms with Crippen molar-refractivity contribution >= 4 is 33.1 Å². The van der Waals surface area contributed by atoms with Crippen LogP contribution in [-0.2, 0) is 4.79 Å². The van der Waals surface area contributed by atoms with Crippen molar-refractivity contribution in [2.45, 2.75) is 39.2 Å². The molecule has 21 heavy (non-hydrogen) atoms. The zero-order valence-electron chi connectivity index (χ0n) is 12.6. The third-order valence-corrected chi connectivity index (χ3v) is 4.85. The number of carbonyl (C=O) groups excluding carboxylic acids is 1. The summed E-state index contributed by atoms with van der Waals surface area (Å²) in [5, 5.41) is 4.40. The minimum atomic E-state index is -0.186. The van der Waals surface area contributed by atoms with Gasteiger partial charge in [0, 0.05) is 18.8 Å². The Hall–Kier alpha value is -1.62. The molecule has 2 aromatic rings.